The van der Waals surface area contributed by atoms with E-state index in [0.29, 0.717) is 17.8 Å². The molecule has 0 aliphatic carbocycles. The van der Waals surface area contributed by atoms with E-state index in [1.165, 1.54) is 6.08 Å². The summed E-state index contributed by atoms with van der Waals surface area (Å²) in [5, 5.41) is 8.35. The molecule has 0 saturated heterocycles. The Morgan fingerprint density at radius 3 is 2.64 bits per heavy atom. The fraction of sp³-hybridized carbons (Fsp3) is 0.500. The predicted octanol–water partition coefficient (Wildman–Crippen LogP) is 1.93. The molecule has 0 aliphatic heterocycles. The highest BCUT2D eigenvalue weighted by atomic mass is 17.1. The summed E-state index contributed by atoms with van der Waals surface area (Å²) >= 11 is 0. The van der Waals surface area contributed by atoms with E-state index in [1.807, 2.05) is 0 Å². The number of hydrogen-bond acceptors (Lipinski definition) is 4. The molecule has 14 heavy (non-hydrogen) atoms. The first-order valence-corrected chi connectivity index (χ1v) is 4.37. The second-order valence-electron chi connectivity index (χ2n) is 2.87. The second-order valence-corrected chi connectivity index (χ2v) is 2.87. The third-order valence-electron chi connectivity index (χ3n) is 1.68. The molecule has 0 aliphatic rings. The molecule has 0 amide bonds. The Kier molecular flexibility index (Phi) is 5.83. The summed E-state index contributed by atoms with van der Waals surface area (Å²) in [5.74, 6) is -0.390. The first-order chi connectivity index (χ1) is 6.52. The van der Waals surface area contributed by atoms with Gasteiger partial charge in [-0.25, -0.2) is 9.68 Å². The van der Waals surface area contributed by atoms with E-state index >= 15 is 0 Å². The molecule has 0 bridgehead atoms. The van der Waals surface area contributed by atoms with Gasteiger partial charge in [0.15, 0.2) is 0 Å². The van der Waals surface area contributed by atoms with Gasteiger partial charge in [-0.3, -0.25) is 5.26 Å². The number of rotatable bonds is 5. The second kappa shape index (κ2) is 6.34. The van der Waals surface area contributed by atoms with E-state index in [0.717, 1.165) is 0 Å². The normalized spacial score (nSPS) is 13.6. The standard InChI is InChI=1S/C10H16O4/c1-5-13-10(11)8(3)6-7(2)9(4)14-12/h6,9,12H,2,5H2,1,3-4H3/b8-6+/t9-/m0/s1. The molecule has 80 valence electrons. The summed E-state index contributed by atoms with van der Waals surface area (Å²) in [4.78, 5) is 15.2. The highest BCUT2D eigenvalue weighted by Gasteiger charge is 2.08. The van der Waals surface area contributed by atoms with Crippen LogP contribution < -0.4 is 0 Å². The largest absolute Gasteiger partial charge is 0.463 e. The van der Waals surface area contributed by atoms with E-state index in [4.69, 9.17) is 9.99 Å². The Hall–Kier alpha value is -1.13. The fourth-order valence-corrected chi connectivity index (χ4v) is 0.767. The van der Waals surface area contributed by atoms with Gasteiger partial charge in [-0.2, -0.15) is 0 Å². The maximum Gasteiger partial charge on any atom is 0.333 e. The Balaban J connectivity index is 4.36. The van der Waals surface area contributed by atoms with Crippen LogP contribution in [0.5, 0.6) is 0 Å². The van der Waals surface area contributed by atoms with Crippen LogP contribution in [0.1, 0.15) is 20.8 Å². The topological polar surface area (TPSA) is 55.8 Å². The van der Waals surface area contributed by atoms with Gasteiger partial charge in [0.25, 0.3) is 0 Å². The van der Waals surface area contributed by atoms with Crippen LogP contribution in [-0.4, -0.2) is 23.9 Å². The van der Waals surface area contributed by atoms with Crippen molar-refractivity contribution < 1.29 is 19.7 Å². The molecule has 0 rings (SSSR count). The molecule has 0 unspecified atom stereocenters. The van der Waals surface area contributed by atoms with Crippen LogP contribution in [0.3, 0.4) is 0 Å². The molecule has 0 heterocycles. The lowest BCUT2D eigenvalue weighted by molar-refractivity contribution is -0.263. The van der Waals surface area contributed by atoms with Crippen LogP contribution in [0, 0.1) is 0 Å². The van der Waals surface area contributed by atoms with Crippen LogP contribution in [-0.2, 0) is 14.4 Å². The van der Waals surface area contributed by atoms with Crippen molar-refractivity contribution in [3.8, 4) is 0 Å². The Morgan fingerprint density at radius 2 is 2.21 bits per heavy atom. The van der Waals surface area contributed by atoms with Gasteiger partial charge >= 0.3 is 5.97 Å². The minimum atomic E-state index is -0.528. The lowest BCUT2D eigenvalue weighted by atomic mass is 10.1. The SMILES string of the molecule is C=C(/C=C(\C)C(=O)OCC)[C@H](C)OO. The zero-order chi connectivity index (χ0) is 11.1. The summed E-state index contributed by atoms with van der Waals surface area (Å²) in [6.45, 7) is 8.95. The van der Waals surface area contributed by atoms with Crippen molar-refractivity contribution in [3.05, 3.63) is 23.8 Å². The van der Waals surface area contributed by atoms with E-state index in [2.05, 4.69) is 11.5 Å². The smallest absolute Gasteiger partial charge is 0.333 e. The minimum absolute atomic E-state index is 0.336. The van der Waals surface area contributed by atoms with E-state index in [-0.39, 0.29) is 0 Å². The monoisotopic (exact) mass is 200 g/mol. The quantitative estimate of drug-likeness (QED) is 0.242. The minimum Gasteiger partial charge on any atom is -0.463 e. The van der Waals surface area contributed by atoms with E-state index < -0.39 is 12.1 Å². The highest BCUT2D eigenvalue weighted by Crippen LogP contribution is 2.08. The summed E-state index contributed by atoms with van der Waals surface area (Å²) in [7, 11) is 0. The van der Waals surface area contributed by atoms with Crippen molar-refractivity contribution in [2.45, 2.75) is 26.9 Å². The molecule has 0 aromatic carbocycles. The molecule has 4 heteroatoms. The maximum absolute atomic E-state index is 11.2. The zero-order valence-corrected chi connectivity index (χ0v) is 8.74. The van der Waals surface area contributed by atoms with Crippen molar-refractivity contribution >= 4 is 5.97 Å². The van der Waals surface area contributed by atoms with Crippen LogP contribution in [0.2, 0.25) is 0 Å². The molecule has 0 aromatic rings. The molecule has 1 atom stereocenters. The number of carbonyl (C=O) groups is 1. The number of ether oxygens (including phenoxy) is 1. The molecular formula is C10H16O4. The molecule has 0 radical (unpaired) electrons. The first-order valence-electron chi connectivity index (χ1n) is 4.37. The first kappa shape index (κ1) is 12.9. The van der Waals surface area contributed by atoms with Gasteiger partial charge in [0.1, 0.15) is 6.10 Å². The van der Waals surface area contributed by atoms with Crippen molar-refractivity contribution in [1.29, 1.82) is 0 Å². The average Bonchev–Trinajstić information content (AvgIpc) is 2.16. The van der Waals surface area contributed by atoms with Gasteiger partial charge in [0.2, 0.25) is 0 Å². The third-order valence-corrected chi connectivity index (χ3v) is 1.68. The van der Waals surface area contributed by atoms with Gasteiger partial charge in [-0.15, -0.1) is 0 Å². The summed E-state index contributed by atoms with van der Waals surface area (Å²) in [5.41, 5.74) is 0.943. The Bertz CT molecular complexity index is 243. The number of esters is 1. The summed E-state index contributed by atoms with van der Waals surface area (Å²) in [6.07, 6.45) is 0.998. The van der Waals surface area contributed by atoms with Gasteiger partial charge in [-0.1, -0.05) is 6.58 Å². The fourth-order valence-electron chi connectivity index (χ4n) is 0.767. The molecule has 0 aromatic heterocycles. The molecule has 0 spiro atoms. The average molecular weight is 200 g/mol. The molecule has 1 N–H and O–H groups in total. The van der Waals surface area contributed by atoms with Gasteiger partial charge in [0, 0.05) is 5.57 Å². The maximum atomic E-state index is 11.2. The van der Waals surface area contributed by atoms with Crippen molar-refractivity contribution in [2.75, 3.05) is 6.61 Å². The summed E-state index contributed by atoms with van der Waals surface area (Å²) < 4.78 is 4.77. The van der Waals surface area contributed by atoms with Crippen molar-refractivity contribution in [3.63, 3.8) is 0 Å². The van der Waals surface area contributed by atoms with Crippen LogP contribution in [0.4, 0.5) is 0 Å². The van der Waals surface area contributed by atoms with Crippen molar-refractivity contribution in [2.24, 2.45) is 0 Å². The third kappa shape index (κ3) is 4.20. The number of carbonyl (C=O) groups excluding carboxylic acids is 1. The van der Waals surface area contributed by atoms with Crippen LogP contribution >= 0.6 is 0 Å². The molecule has 4 nitrogen and oxygen atoms in total. The van der Waals surface area contributed by atoms with Crippen LogP contribution in [0.25, 0.3) is 0 Å². The predicted molar refractivity (Wildman–Crippen MR) is 52.7 cm³/mol. The molecule has 0 fully saturated rings. The van der Waals surface area contributed by atoms with Crippen LogP contribution in [0.15, 0.2) is 23.8 Å². The van der Waals surface area contributed by atoms with Gasteiger partial charge in [-0.05, 0) is 32.4 Å². The lowest BCUT2D eigenvalue weighted by Crippen LogP contribution is -2.10. The van der Waals surface area contributed by atoms with E-state index in [9.17, 15) is 4.79 Å². The lowest BCUT2D eigenvalue weighted by Gasteiger charge is -2.08. The Morgan fingerprint density at radius 1 is 1.64 bits per heavy atom. The number of hydrogen-bond donors (Lipinski definition) is 1. The molecule has 0 saturated carbocycles. The van der Waals surface area contributed by atoms with E-state index in [1.54, 1.807) is 20.8 Å². The molecular weight excluding hydrogens is 184 g/mol. The van der Waals surface area contributed by atoms with Crippen molar-refractivity contribution in [1.82, 2.24) is 0 Å². The summed E-state index contributed by atoms with van der Waals surface area (Å²) in [6, 6.07) is 0. The zero-order valence-electron chi connectivity index (χ0n) is 8.74. The van der Waals surface area contributed by atoms with Gasteiger partial charge < -0.3 is 4.74 Å². The highest BCUT2D eigenvalue weighted by molar-refractivity contribution is 5.88. The Labute approximate surface area is 83.8 Å². The van der Waals surface area contributed by atoms with Gasteiger partial charge in [0.05, 0.1) is 6.61 Å².